The van der Waals surface area contributed by atoms with Crippen molar-refractivity contribution in [3.05, 3.63) is 77.9 Å². The highest BCUT2D eigenvalue weighted by Crippen LogP contribution is 2.25. The van der Waals surface area contributed by atoms with Gasteiger partial charge in [0, 0.05) is 24.2 Å². The Morgan fingerprint density at radius 1 is 1.20 bits per heavy atom. The topological polar surface area (TPSA) is 65.0 Å². The third-order valence-electron chi connectivity index (χ3n) is 3.64. The first-order valence-electron chi connectivity index (χ1n) is 7.74. The Balaban J connectivity index is 1.80. The molecule has 2 aromatic heterocycles. The molecule has 5 nitrogen and oxygen atoms in total. The van der Waals surface area contributed by atoms with E-state index in [1.165, 1.54) is 11.8 Å². The van der Waals surface area contributed by atoms with Crippen LogP contribution in [0.15, 0.2) is 66.2 Å². The van der Waals surface area contributed by atoms with Gasteiger partial charge in [-0.3, -0.25) is 4.98 Å². The summed E-state index contributed by atoms with van der Waals surface area (Å²) in [6.45, 7) is 0.424. The molecule has 1 aromatic carbocycles. The second-order valence-electron chi connectivity index (χ2n) is 5.30. The molecule has 0 aliphatic rings. The Hall–Kier alpha value is -2.73. The van der Waals surface area contributed by atoms with E-state index in [1.807, 2.05) is 42.7 Å². The number of benzene rings is 1. The molecule has 0 fully saturated rings. The Bertz CT molecular complexity index is 843. The van der Waals surface area contributed by atoms with Crippen molar-refractivity contribution in [3.8, 4) is 5.75 Å². The number of nitrogens with zero attached hydrogens (tertiary/aromatic N) is 3. The fourth-order valence-corrected chi connectivity index (χ4v) is 2.76. The average molecular weight is 351 g/mol. The molecule has 0 radical (unpaired) electrons. The highest BCUT2D eigenvalue weighted by molar-refractivity contribution is 7.98. The Labute approximate surface area is 150 Å². The zero-order valence-corrected chi connectivity index (χ0v) is 14.5. The maximum atomic E-state index is 11.7. The molecule has 0 bridgehead atoms. The summed E-state index contributed by atoms with van der Waals surface area (Å²) in [5.74, 6) is 0.253. The molecule has 3 aromatic rings. The molecule has 6 heteroatoms. The minimum Gasteiger partial charge on any atom is -0.489 e. The summed E-state index contributed by atoms with van der Waals surface area (Å²) in [5, 5.41) is 0.647. The van der Waals surface area contributed by atoms with Gasteiger partial charge in [-0.1, -0.05) is 30.0 Å². The highest BCUT2D eigenvalue weighted by Gasteiger charge is 2.16. The van der Waals surface area contributed by atoms with E-state index in [1.54, 1.807) is 24.7 Å². The standard InChI is InChI=1S/C19H17N3O2S/c1-25-19-21-9-7-18(22-19)17(12-23)15-5-2-6-16(10-15)24-13-14-4-3-8-20-11-14/h2-12,17H,13H2,1H3. The normalized spacial score (nSPS) is 11.7. The third kappa shape index (κ3) is 4.42. The second kappa shape index (κ2) is 8.39. The number of carbonyl (C=O) groups is 1. The van der Waals surface area contributed by atoms with Crippen LogP contribution in [-0.2, 0) is 11.4 Å². The van der Waals surface area contributed by atoms with Gasteiger partial charge < -0.3 is 9.53 Å². The lowest BCUT2D eigenvalue weighted by Gasteiger charge is -2.13. The number of aromatic nitrogens is 3. The van der Waals surface area contributed by atoms with Crippen molar-refractivity contribution in [1.82, 2.24) is 15.0 Å². The van der Waals surface area contributed by atoms with Gasteiger partial charge in [0.15, 0.2) is 5.16 Å². The second-order valence-corrected chi connectivity index (χ2v) is 6.08. The number of hydrogen-bond donors (Lipinski definition) is 0. The average Bonchev–Trinajstić information content (AvgIpc) is 2.68. The predicted molar refractivity (Wildman–Crippen MR) is 96.7 cm³/mol. The van der Waals surface area contributed by atoms with E-state index in [0.717, 1.165) is 17.4 Å². The van der Waals surface area contributed by atoms with Crippen molar-refractivity contribution < 1.29 is 9.53 Å². The molecule has 0 saturated heterocycles. The SMILES string of the molecule is CSc1nccc(C(C=O)c2cccc(OCc3cccnc3)c2)n1. The fraction of sp³-hybridized carbons (Fsp3) is 0.158. The Morgan fingerprint density at radius 3 is 2.88 bits per heavy atom. The number of thioether (sulfide) groups is 1. The van der Waals surface area contributed by atoms with Crippen LogP contribution in [0.5, 0.6) is 5.75 Å². The molecule has 0 aliphatic heterocycles. The van der Waals surface area contributed by atoms with E-state index in [9.17, 15) is 4.79 Å². The number of ether oxygens (including phenoxy) is 1. The van der Waals surface area contributed by atoms with Crippen molar-refractivity contribution in [1.29, 1.82) is 0 Å². The summed E-state index contributed by atoms with van der Waals surface area (Å²) < 4.78 is 5.82. The number of pyridine rings is 1. The molecular formula is C19H17N3O2S. The van der Waals surface area contributed by atoms with Crippen LogP contribution < -0.4 is 4.74 Å². The van der Waals surface area contributed by atoms with Gasteiger partial charge in [-0.2, -0.15) is 0 Å². The lowest BCUT2D eigenvalue weighted by atomic mass is 9.97. The molecule has 0 spiro atoms. The lowest BCUT2D eigenvalue weighted by Crippen LogP contribution is -2.06. The first-order valence-corrected chi connectivity index (χ1v) is 8.96. The van der Waals surface area contributed by atoms with Crippen molar-refractivity contribution in [2.24, 2.45) is 0 Å². The van der Waals surface area contributed by atoms with E-state index in [4.69, 9.17) is 4.74 Å². The zero-order valence-electron chi connectivity index (χ0n) is 13.7. The number of hydrogen-bond acceptors (Lipinski definition) is 6. The Kier molecular flexibility index (Phi) is 5.74. The maximum Gasteiger partial charge on any atom is 0.187 e. The molecular weight excluding hydrogens is 334 g/mol. The first kappa shape index (κ1) is 17.1. The van der Waals surface area contributed by atoms with Crippen molar-refractivity contribution >= 4 is 18.0 Å². The summed E-state index contributed by atoms with van der Waals surface area (Å²) >= 11 is 1.45. The summed E-state index contributed by atoms with van der Waals surface area (Å²) in [6, 6.07) is 13.1. The largest absolute Gasteiger partial charge is 0.489 e. The predicted octanol–water partition coefficient (Wildman–Crippen LogP) is 3.50. The monoisotopic (exact) mass is 351 g/mol. The Morgan fingerprint density at radius 2 is 2.12 bits per heavy atom. The van der Waals surface area contributed by atoms with Crippen LogP contribution in [0.4, 0.5) is 0 Å². The molecule has 0 amide bonds. The maximum absolute atomic E-state index is 11.7. The van der Waals surface area contributed by atoms with E-state index in [-0.39, 0.29) is 0 Å². The highest BCUT2D eigenvalue weighted by atomic mass is 32.2. The lowest BCUT2D eigenvalue weighted by molar-refractivity contribution is -0.108. The summed E-state index contributed by atoms with van der Waals surface area (Å²) in [7, 11) is 0. The molecule has 3 rings (SSSR count). The van der Waals surface area contributed by atoms with E-state index in [2.05, 4.69) is 15.0 Å². The van der Waals surface area contributed by atoms with Gasteiger partial charge in [-0.15, -0.1) is 0 Å². The van der Waals surface area contributed by atoms with Crippen LogP contribution in [-0.4, -0.2) is 27.5 Å². The zero-order chi connectivity index (χ0) is 17.5. The molecule has 1 atom stereocenters. The van der Waals surface area contributed by atoms with Crippen LogP contribution in [0.3, 0.4) is 0 Å². The van der Waals surface area contributed by atoms with E-state index >= 15 is 0 Å². The van der Waals surface area contributed by atoms with Crippen molar-refractivity contribution in [3.63, 3.8) is 0 Å². The number of carbonyl (C=O) groups excluding carboxylic acids is 1. The van der Waals surface area contributed by atoms with Gasteiger partial charge in [0.25, 0.3) is 0 Å². The minimum atomic E-state index is -0.448. The fourth-order valence-electron chi connectivity index (χ4n) is 2.39. The van der Waals surface area contributed by atoms with Crippen LogP contribution in [0, 0.1) is 0 Å². The molecule has 2 heterocycles. The van der Waals surface area contributed by atoms with Gasteiger partial charge >= 0.3 is 0 Å². The summed E-state index contributed by atoms with van der Waals surface area (Å²) in [4.78, 5) is 24.3. The van der Waals surface area contributed by atoms with Crippen molar-refractivity contribution in [2.75, 3.05) is 6.26 Å². The van der Waals surface area contributed by atoms with Gasteiger partial charge in [0.2, 0.25) is 0 Å². The van der Waals surface area contributed by atoms with Gasteiger partial charge in [0.1, 0.15) is 18.6 Å². The quantitative estimate of drug-likeness (QED) is 0.369. The van der Waals surface area contributed by atoms with Crippen LogP contribution in [0.2, 0.25) is 0 Å². The number of aldehydes is 1. The van der Waals surface area contributed by atoms with E-state index < -0.39 is 5.92 Å². The van der Waals surface area contributed by atoms with Crippen LogP contribution in [0.25, 0.3) is 0 Å². The van der Waals surface area contributed by atoms with Crippen molar-refractivity contribution in [2.45, 2.75) is 17.7 Å². The molecule has 126 valence electrons. The smallest absolute Gasteiger partial charge is 0.187 e. The molecule has 0 aliphatic carbocycles. The summed E-state index contributed by atoms with van der Waals surface area (Å²) in [6.07, 6.45) is 7.97. The van der Waals surface area contributed by atoms with Crippen LogP contribution >= 0.6 is 11.8 Å². The first-order chi connectivity index (χ1) is 12.3. The molecule has 25 heavy (non-hydrogen) atoms. The third-order valence-corrected chi connectivity index (χ3v) is 4.20. The van der Waals surface area contributed by atoms with Gasteiger partial charge in [0.05, 0.1) is 11.6 Å². The van der Waals surface area contributed by atoms with Crippen LogP contribution in [0.1, 0.15) is 22.7 Å². The van der Waals surface area contributed by atoms with Gasteiger partial charge in [-0.25, -0.2) is 9.97 Å². The number of rotatable bonds is 7. The molecule has 1 unspecified atom stereocenters. The van der Waals surface area contributed by atoms with Gasteiger partial charge in [-0.05, 0) is 36.1 Å². The molecule has 0 saturated carbocycles. The minimum absolute atomic E-state index is 0.424. The summed E-state index contributed by atoms with van der Waals surface area (Å²) in [5.41, 5.74) is 2.50. The molecule has 0 N–H and O–H groups in total. The van der Waals surface area contributed by atoms with E-state index in [0.29, 0.717) is 23.2 Å².